The van der Waals surface area contributed by atoms with E-state index < -0.39 is 5.60 Å². The van der Waals surface area contributed by atoms with E-state index in [1.54, 1.807) is 6.07 Å². The minimum absolute atomic E-state index is 0.239. The molecule has 0 amide bonds. The van der Waals surface area contributed by atoms with Gasteiger partial charge in [-0.25, -0.2) is 0 Å². The van der Waals surface area contributed by atoms with E-state index in [0.717, 1.165) is 37.0 Å². The van der Waals surface area contributed by atoms with Crippen molar-refractivity contribution in [3.63, 3.8) is 0 Å². The van der Waals surface area contributed by atoms with Crippen LogP contribution in [0, 0.1) is 5.92 Å². The van der Waals surface area contributed by atoms with Gasteiger partial charge in [-0.15, -0.1) is 0 Å². The summed E-state index contributed by atoms with van der Waals surface area (Å²) in [6.07, 6.45) is 10.0. The number of ether oxygens (including phenoxy) is 1. The van der Waals surface area contributed by atoms with E-state index in [-0.39, 0.29) is 17.3 Å². The molecule has 0 heterocycles. The fourth-order valence-corrected chi connectivity index (χ4v) is 3.34. The standard InChI is InChI=1S/C21H32O3/c1-5-6-7-8-16-13-18(22)15-19(14-16)24-20(2,3)17-9-11-21(4,23)12-10-17/h9,11,13-15,17,22-23H,5-8,10,12H2,1-4H3. The molecule has 1 aliphatic carbocycles. The molecule has 2 unspecified atom stereocenters. The van der Waals surface area contributed by atoms with Crippen LogP contribution in [-0.4, -0.2) is 21.4 Å². The van der Waals surface area contributed by atoms with Crippen molar-refractivity contribution in [2.45, 2.75) is 77.4 Å². The molecule has 1 aliphatic rings. The lowest BCUT2D eigenvalue weighted by Crippen LogP contribution is -2.40. The summed E-state index contributed by atoms with van der Waals surface area (Å²) >= 11 is 0. The van der Waals surface area contributed by atoms with Crippen LogP contribution in [0.4, 0.5) is 0 Å². The summed E-state index contributed by atoms with van der Waals surface area (Å²) in [6.45, 7) is 8.17. The van der Waals surface area contributed by atoms with Crippen molar-refractivity contribution < 1.29 is 14.9 Å². The lowest BCUT2D eigenvalue weighted by Gasteiger charge is -2.37. The molecule has 3 nitrogen and oxygen atoms in total. The first-order valence-corrected chi connectivity index (χ1v) is 9.15. The molecule has 134 valence electrons. The number of hydrogen-bond donors (Lipinski definition) is 2. The molecule has 0 saturated heterocycles. The van der Waals surface area contributed by atoms with Crippen LogP contribution >= 0.6 is 0 Å². The third-order valence-corrected chi connectivity index (χ3v) is 4.94. The second-order valence-electron chi connectivity index (χ2n) is 7.86. The Hall–Kier alpha value is -1.48. The van der Waals surface area contributed by atoms with Gasteiger partial charge in [-0.05, 0) is 64.2 Å². The molecule has 0 aromatic heterocycles. The summed E-state index contributed by atoms with van der Waals surface area (Å²) in [4.78, 5) is 0. The third kappa shape index (κ3) is 5.27. The van der Waals surface area contributed by atoms with Gasteiger partial charge in [-0.3, -0.25) is 0 Å². The highest BCUT2D eigenvalue weighted by Gasteiger charge is 2.34. The number of aliphatic hydroxyl groups is 1. The molecule has 2 N–H and O–H groups in total. The van der Waals surface area contributed by atoms with Gasteiger partial charge < -0.3 is 14.9 Å². The largest absolute Gasteiger partial charge is 0.508 e. The van der Waals surface area contributed by atoms with Crippen LogP contribution < -0.4 is 4.74 Å². The molecule has 3 heteroatoms. The molecule has 0 spiro atoms. The summed E-state index contributed by atoms with van der Waals surface area (Å²) in [6, 6.07) is 5.56. The van der Waals surface area contributed by atoms with Crippen molar-refractivity contribution in [2.75, 3.05) is 0 Å². The molecular weight excluding hydrogens is 300 g/mol. The Morgan fingerprint density at radius 1 is 1.25 bits per heavy atom. The Balaban J connectivity index is 2.08. The molecule has 2 rings (SSSR count). The first-order valence-electron chi connectivity index (χ1n) is 9.15. The van der Waals surface area contributed by atoms with Crippen LogP contribution in [-0.2, 0) is 6.42 Å². The van der Waals surface area contributed by atoms with Crippen molar-refractivity contribution >= 4 is 0 Å². The molecule has 1 aromatic rings. The van der Waals surface area contributed by atoms with Gasteiger partial charge in [0.2, 0.25) is 0 Å². The molecule has 0 radical (unpaired) electrons. The Kier molecular flexibility index (Phi) is 5.97. The summed E-state index contributed by atoms with van der Waals surface area (Å²) < 4.78 is 6.24. The lowest BCUT2D eigenvalue weighted by atomic mass is 9.78. The van der Waals surface area contributed by atoms with E-state index in [1.807, 2.05) is 25.1 Å². The fourth-order valence-electron chi connectivity index (χ4n) is 3.34. The van der Waals surface area contributed by atoms with Crippen LogP contribution in [0.5, 0.6) is 11.5 Å². The summed E-state index contributed by atoms with van der Waals surface area (Å²) in [5, 5.41) is 20.1. The average Bonchev–Trinajstić information content (AvgIpc) is 2.46. The number of unbranched alkanes of at least 4 members (excludes halogenated alkanes) is 2. The maximum absolute atomic E-state index is 10.1. The normalized spacial score (nSPS) is 24.1. The van der Waals surface area contributed by atoms with E-state index >= 15 is 0 Å². The maximum atomic E-state index is 10.1. The van der Waals surface area contributed by atoms with E-state index in [2.05, 4.69) is 26.8 Å². The van der Waals surface area contributed by atoms with E-state index in [4.69, 9.17) is 4.74 Å². The maximum Gasteiger partial charge on any atom is 0.124 e. The van der Waals surface area contributed by atoms with Gasteiger partial charge >= 0.3 is 0 Å². The first-order chi connectivity index (χ1) is 11.2. The van der Waals surface area contributed by atoms with Gasteiger partial charge in [0.05, 0.1) is 5.60 Å². The van der Waals surface area contributed by atoms with Crippen LogP contribution in [0.1, 0.15) is 65.4 Å². The molecule has 2 atom stereocenters. The van der Waals surface area contributed by atoms with Crippen molar-refractivity contribution in [2.24, 2.45) is 5.92 Å². The van der Waals surface area contributed by atoms with Gasteiger partial charge in [0.25, 0.3) is 0 Å². The number of benzene rings is 1. The van der Waals surface area contributed by atoms with E-state index in [1.165, 1.54) is 12.8 Å². The van der Waals surface area contributed by atoms with Gasteiger partial charge in [-0.1, -0.05) is 31.9 Å². The highest BCUT2D eigenvalue weighted by molar-refractivity contribution is 5.38. The highest BCUT2D eigenvalue weighted by atomic mass is 16.5. The van der Waals surface area contributed by atoms with E-state index in [0.29, 0.717) is 0 Å². The summed E-state index contributed by atoms with van der Waals surface area (Å²) in [7, 11) is 0. The van der Waals surface area contributed by atoms with Crippen LogP contribution in [0.25, 0.3) is 0 Å². The quantitative estimate of drug-likeness (QED) is 0.546. The van der Waals surface area contributed by atoms with Crippen molar-refractivity contribution in [3.8, 4) is 11.5 Å². The number of phenols is 1. The first kappa shape index (κ1) is 18.9. The van der Waals surface area contributed by atoms with Crippen molar-refractivity contribution in [1.29, 1.82) is 0 Å². The summed E-state index contributed by atoms with van der Waals surface area (Å²) in [5.41, 5.74) is 0.0299. The Morgan fingerprint density at radius 3 is 2.62 bits per heavy atom. The lowest BCUT2D eigenvalue weighted by molar-refractivity contribution is 0.0300. The third-order valence-electron chi connectivity index (χ3n) is 4.94. The van der Waals surface area contributed by atoms with Crippen molar-refractivity contribution in [3.05, 3.63) is 35.9 Å². The van der Waals surface area contributed by atoms with Crippen LogP contribution in [0.15, 0.2) is 30.4 Å². The predicted octanol–water partition coefficient (Wildman–Crippen LogP) is 5.00. The molecule has 24 heavy (non-hydrogen) atoms. The van der Waals surface area contributed by atoms with Crippen LogP contribution in [0.3, 0.4) is 0 Å². The van der Waals surface area contributed by atoms with Gasteiger partial charge in [0.1, 0.15) is 17.1 Å². The summed E-state index contributed by atoms with van der Waals surface area (Å²) in [5.74, 6) is 1.22. The van der Waals surface area contributed by atoms with Crippen molar-refractivity contribution in [1.82, 2.24) is 0 Å². The van der Waals surface area contributed by atoms with Gasteiger partial charge in [-0.2, -0.15) is 0 Å². The second-order valence-corrected chi connectivity index (χ2v) is 7.86. The molecule has 0 bridgehead atoms. The number of aryl methyl sites for hydroxylation is 1. The molecule has 0 aliphatic heterocycles. The molecular formula is C21H32O3. The minimum Gasteiger partial charge on any atom is -0.508 e. The average molecular weight is 332 g/mol. The van der Waals surface area contributed by atoms with Gasteiger partial charge in [0, 0.05) is 12.0 Å². The Labute approximate surface area is 146 Å². The molecule has 0 saturated carbocycles. The Morgan fingerprint density at radius 2 is 2.00 bits per heavy atom. The zero-order valence-electron chi connectivity index (χ0n) is 15.5. The zero-order valence-corrected chi connectivity index (χ0v) is 15.5. The van der Waals surface area contributed by atoms with E-state index in [9.17, 15) is 10.2 Å². The number of phenolic OH excluding ortho intramolecular Hbond substituents is 1. The Bertz CT molecular complexity index is 572. The fraction of sp³-hybridized carbons (Fsp3) is 0.619. The predicted molar refractivity (Wildman–Crippen MR) is 98.5 cm³/mol. The monoisotopic (exact) mass is 332 g/mol. The van der Waals surface area contributed by atoms with Gasteiger partial charge in [0.15, 0.2) is 0 Å². The SMILES string of the molecule is CCCCCc1cc(O)cc(OC(C)(C)C2C=CC(C)(O)CC2)c1. The highest BCUT2D eigenvalue weighted by Crippen LogP contribution is 2.36. The topological polar surface area (TPSA) is 49.7 Å². The molecule has 0 fully saturated rings. The second kappa shape index (κ2) is 7.60. The number of rotatable bonds is 7. The number of aromatic hydroxyl groups is 1. The number of hydrogen-bond acceptors (Lipinski definition) is 3. The zero-order chi connectivity index (χ0) is 17.8. The minimum atomic E-state index is -0.704. The van der Waals surface area contributed by atoms with Crippen LogP contribution in [0.2, 0.25) is 0 Å². The smallest absolute Gasteiger partial charge is 0.124 e. The molecule has 1 aromatic carbocycles.